The third-order valence-corrected chi connectivity index (χ3v) is 4.63. The Labute approximate surface area is 163 Å². The van der Waals surface area contributed by atoms with Crippen molar-refractivity contribution in [2.45, 2.75) is 76.4 Å². The van der Waals surface area contributed by atoms with E-state index in [2.05, 4.69) is 17.4 Å². The molecule has 0 amide bonds. The van der Waals surface area contributed by atoms with Gasteiger partial charge in [-0.1, -0.05) is 39.0 Å². The SMILES string of the molecule is CCCCCCCCC(=O)ONc1ccn(C2OC(CO)C(O)C2O)c(=O)n1. The first-order valence-electron chi connectivity index (χ1n) is 9.65. The summed E-state index contributed by atoms with van der Waals surface area (Å²) >= 11 is 0. The molecule has 0 radical (unpaired) electrons. The van der Waals surface area contributed by atoms with Crippen molar-refractivity contribution < 1.29 is 29.7 Å². The molecule has 1 fully saturated rings. The van der Waals surface area contributed by atoms with Crippen molar-refractivity contribution in [2.75, 3.05) is 12.1 Å². The fourth-order valence-corrected chi connectivity index (χ4v) is 2.98. The largest absolute Gasteiger partial charge is 0.394 e. The molecule has 10 nitrogen and oxygen atoms in total. The minimum Gasteiger partial charge on any atom is -0.394 e. The lowest BCUT2D eigenvalue weighted by Gasteiger charge is -2.17. The summed E-state index contributed by atoms with van der Waals surface area (Å²) < 4.78 is 6.28. The van der Waals surface area contributed by atoms with Crippen LogP contribution in [0.3, 0.4) is 0 Å². The molecule has 1 saturated heterocycles. The Bertz CT molecular complexity index is 681. The molecule has 4 unspecified atom stereocenters. The van der Waals surface area contributed by atoms with Crippen LogP contribution in [0, 0.1) is 0 Å². The molecular weight excluding hydrogens is 370 g/mol. The van der Waals surface area contributed by atoms with Crippen LogP contribution in [0.5, 0.6) is 0 Å². The normalized spacial score (nSPS) is 24.3. The lowest BCUT2D eigenvalue weighted by Crippen LogP contribution is -2.36. The zero-order valence-electron chi connectivity index (χ0n) is 16.0. The van der Waals surface area contributed by atoms with Gasteiger partial charge in [0.05, 0.1) is 6.61 Å². The molecule has 1 aromatic heterocycles. The average Bonchev–Trinajstić information content (AvgIpc) is 2.97. The molecule has 1 aromatic rings. The maximum Gasteiger partial charge on any atom is 0.351 e. The number of aliphatic hydroxyl groups is 3. The van der Waals surface area contributed by atoms with Crippen molar-refractivity contribution in [3.8, 4) is 0 Å². The highest BCUT2D eigenvalue weighted by Gasteiger charge is 2.43. The molecule has 0 aromatic carbocycles. The Morgan fingerprint density at radius 2 is 1.96 bits per heavy atom. The van der Waals surface area contributed by atoms with Gasteiger partial charge in [0.15, 0.2) is 12.0 Å². The molecular formula is C18H29N3O7. The number of nitrogens with zero attached hydrogens (tertiary/aromatic N) is 2. The Kier molecular flexibility index (Phi) is 8.84. The average molecular weight is 399 g/mol. The lowest BCUT2D eigenvalue weighted by molar-refractivity contribution is -0.140. The first-order chi connectivity index (χ1) is 13.5. The third-order valence-electron chi connectivity index (χ3n) is 4.63. The van der Waals surface area contributed by atoms with Gasteiger partial charge in [0.2, 0.25) is 0 Å². The van der Waals surface area contributed by atoms with E-state index >= 15 is 0 Å². The molecule has 4 N–H and O–H groups in total. The van der Waals surface area contributed by atoms with E-state index in [1.54, 1.807) is 0 Å². The summed E-state index contributed by atoms with van der Waals surface area (Å²) in [7, 11) is 0. The third kappa shape index (κ3) is 5.99. The van der Waals surface area contributed by atoms with E-state index in [4.69, 9.17) is 14.7 Å². The first-order valence-corrected chi connectivity index (χ1v) is 9.65. The molecule has 4 atom stereocenters. The standard InChI is InChI=1S/C18H29N3O7/c1-2-3-4-5-6-7-8-14(23)28-20-13-9-10-21(18(26)19-13)17-16(25)15(24)12(11-22)27-17/h9-10,12,15-17,22,24-25H,2-8,11H2,1H3,(H,19,20,26). The highest BCUT2D eigenvalue weighted by Crippen LogP contribution is 2.28. The number of unbranched alkanes of at least 4 members (excludes halogenated alkanes) is 5. The van der Waals surface area contributed by atoms with E-state index in [1.165, 1.54) is 31.5 Å². The summed E-state index contributed by atoms with van der Waals surface area (Å²) in [4.78, 5) is 32.5. The summed E-state index contributed by atoms with van der Waals surface area (Å²) in [6.07, 6.45) is 3.04. The molecule has 28 heavy (non-hydrogen) atoms. The Hall–Kier alpha value is -2.01. The van der Waals surface area contributed by atoms with Gasteiger partial charge in [-0.25, -0.2) is 15.1 Å². The fraction of sp³-hybridized carbons (Fsp3) is 0.722. The summed E-state index contributed by atoms with van der Waals surface area (Å²) in [6.45, 7) is 1.65. The summed E-state index contributed by atoms with van der Waals surface area (Å²) in [5.74, 6) is -0.408. The van der Waals surface area contributed by atoms with Gasteiger partial charge in [0.25, 0.3) is 0 Å². The molecule has 2 rings (SSSR count). The van der Waals surface area contributed by atoms with Crippen molar-refractivity contribution in [1.29, 1.82) is 0 Å². The number of rotatable bonds is 11. The van der Waals surface area contributed by atoms with E-state index in [9.17, 15) is 19.8 Å². The molecule has 0 saturated carbocycles. The molecule has 2 heterocycles. The minimum absolute atomic E-state index is 0.0317. The van der Waals surface area contributed by atoms with Crippen LogP contribution in [-0.4, -0.2) is 55.8 Å². The number of hydrogen-bond donors (Lipinski definition) is 4. The topological polar surface area (TPSA) is 143 Å². The van der Waals surface area contributed by atoms with Gasteiger partial charge >= 0.3 is 11.7 Å². The number of ether oxygens (including phenoxy) is 1. The zero-order chi connectivity index (χ0) is 20.5. The number of aliphatic hydroxyl groups excluding tert-OH is 3. The maximum absolute atomic E-state index is 12.2. The van der Waals surface area contributed by atoms with E-state index in [1.807, 2.05) is 0 Å². The Morgan fingerprint density at radius 3 is 2.61 bits per heavy atom. The smallest absolute Gasteiger partial charge is 0.351 e. The zero-order valence-corrected chi connectivity index (χ0v) is 16.0. The number of aromatic nitrogens is 2. The molecule has 1 aliphatic heterocycles. The minimum atomic E-state index is -1.38. The second-order valence-corrected chi connectivity index (χ2v) is 6.83. The van der Waals surface area contributed by atoms with Crippen molar-refractivity contribution in [2.24, 2.45) is 0 Å². The molecule has 10 heteroatoms. The van der Waals surface area contributed by atoms with E-state index < -0.39 is 42.8 Å². The predicted octanol–water partition coefficient (Wildman–Crippen LogP) is 0.476. The Balaban J connectivity index is 1.81. The molecule has 0 bridgehead atoms. The number of carbonyl (C=O) groups excluding carboxylic acids is 1. The molecule has 0 aliphatic carbocycles. The summed E-state index contributed by atoms with van der Waals surface area (Å²) in [6, 6.07) is 1.37. The highest BCUT2D eigenvalue weighted by atomic mass is 16.7. The maximum atomic E-state index is 12.2. The van der Waals surface area contributed by atoms with Gasteiger partial charge in [0.1, 0.15) is 18.3 Å². The van der Waals surface area contributed by atoms with E-state index in [0.29, 0.717) is 0 Å². The lowest BCUT2D eigenvalue weighted by atomic mass is 10.1. The van der Waals surface area contributed by atoms with Crippen molar-refractivity contribution in [3.05, 3.63) is 22.7 Å². The van der Waals surface area contributed by atoms with Crippen molar-refractivity contribution in [1.82, 2.24) is 9.55 Å². The van der Waals surface area contributed by atoms with Crippen LogP contribution in [0.15, 0.2) is 17.1 Å². The van der Waals surface area contributed by atoms with E-state index in [-0.39, 0.29) is 12.2 Å². The van der Waals surface area contributed by atoms with E-state index in [0.717, 1.165) is 23.8 Å². The fourth-order valence-electron chi connectivity index (χ4n) is 2.98. The van der Waals surface area contributed by atoms with Crippen LogP contribution in [0.1, 0.15) is 58.1 Å². The summed E-state index contributed by atoms with van der Waals surface area (Å²) in [5.41, 5.74) is 1.57. The van der Waals surface area contributed by atoms with Gasteiger partial charge in [-0.05, 0) is 6.42 Å². The second-order valence-electron chi connectivity index (χ2n) is 6.83. The molecule has 158 valence electrons. The van der Waals surface area contributed by atoms with Crippen LogP contribution in [0.2, 0.25) is 0 Å². The van der Waals surface area contributed by atoms with Crippen molar-refractivity contribution in [3.63, 3.8) is 0 Å². The highest BCUT2D eigenvalue weighted by molar-refractivity contribution is 5.70. The van der Waals surface area contributed by atoms with Crippen LogP contribution in [0.25, 0.3) is 0 Å². The van der Waals surface area contributed by atoms with Gasteiger partial charge in [0, 0.05) is 18.7 Å². The predicted molar refractivity (Wildman–Crippen MR) is 99.2 cm³/mol. The number of carbonyl (C=O) groups is 1. The van der Waals surface area contributed by atoms with Crippen molar-refractivity contribution >= 4 is 11.8 Å². The first kappa shape index (κ1) is 22.3. The monoisotopic (exact) mass is 399 g/mol. The molecule has 0 spiro atoms. The number of anilines is 1. The number of hydrogen-bond acceptors (Lipinski definition) is 9. The van der Waals surface area contributed by atoms with Crippen LogP contribution < -0.4 is 11.2 Å². The second kappa shape index (κ2) is 11.1. The van der Waals surface area contributed by atoms with Gasteiger partial charge in [-0.3, -0.25) is 4.57 Å². The quantitative estimate of drug-likeness (QED) is 0.308. The molecule has 1 aliphatic rings. The van der Waals surface area contributed by atoms with Crippen LogP contribution in [0.4, 0.5) is 5.82 Å². The Morgan fingerprint density at radius 1 is 1.25 bits per heavy atom. The van der Waals surface area contributed by atoms with Gasteiger partial charge < -0.3 is 24.9 Å². The number of nitrogens with one attached hydrogen (secondary N) is 1. The van der Waals surface area contributed by atoms with Gasteiger partial charge in [-0.15, -0.1) is 0 Å². The van der Waals surface area contributed by atoms with Crippen LogP contribution in [-0.2, 0) is 14.4 Å². The summed E-state index contributed by atoms with van der Waals surface area (Å²) in [5, 5.41) is 28.9. The van der Waals surface area contributed by atoms with Crippen LogP contribution >= 0.6 is 0 Å². The van der Waals surface area contributed by atoms with Gasteiger partial charge in [-0.2, -0.15) is 4.98 Å².